The number of likely N-dealkylation sites (N-methyl/N-ethyl adjacent to an activating group) is 1. The molecule has 0 fully saturated rings. The van der Waals surface area contributed by atoms with Crippen molar-refractivity contribution < 1.29 is 14.3 Å². The molecule has 0 unspecified atom stereocenters. The predicted molar refractivity (Wildman–Crippen MR) is 140 cm³/mol. The van der Waals surface area contributed by atoms with Crippen LogP contribution in [-0.4, -0.2) is 58.8 Å². The molecule has 0 N–H and O–H groups in total. The Morgan fingerprint density at radius 1 is 1.00 bits per heavy atom. The number of carbonyl (C=O) groups excluding carboxylic acids is 1. The molecule has 0 aliphatic carbocycles. The van der Waals surface area contributed by atoms with Crippen molar-refractivity contribution in [1.29, 1.82) is 0 Å². The standard InChI is InChI=1S/C27H25N5O3S/c1-31(11-10-18-8-9-23(34-2)24(12-18)35-3)27(33)21-13-20(14-22(15-21)32-17-28-29-30-32)26-16-19-6-4-5-7-25(19)36-26/h4-9,12-17H,10-11H2,1-3H3. The minimum absolute atomic E-state index is 0.0761. The van der Waals surface area contributed by atoms with Crippen molar-refractivity contribution in [1.82, 2.24) is 25.1 Å². The molecule has 0 saturated carbocycles. The molecule has 1 amide bonds. The molecule has 36 heavy (non-hydrogen) atoms. The van der Waals surface area contributed by atoms with Crippen LogP contribution >= 0.6 is 11.3 Å². The second-order valence-electron chi connectivity index (χ2n) is 8.34. The van der Waals surface area contributed by atoms with Crippen LogP contribution in [0.3, 0.4) is 0 Å². The lowest BCUT2D eigenvalue weighted by Gasteiger charge is -2.19. The zero-order chi connectivity index (χ0) is 25.1. The van der Waals surface area contributed by atoms with Gasteiger partial charge in [0.25, 0.3) is 5.91 Å². The minimum atomic E-state index is -0.0761. The molecular formula is C27H25N5O3S. The van der Waals surface area contributed by atoms with Crippen molar-refractivity contribution in [3.63, 3.8) is 0 Å². The highest BCUT2D eigenvalue weighted by Crippen LogP contribution is 2.35. The fraction of sp³-hybridized carbons (Fsp3) is 0.185. The molecule has 8 nitrogen and oxygen atoms in total. The Labute approximate surface area is 212 Å². The topological polar surface area (TPSA) is 82.4 Å². The summed E-state index contributed by atoms with van der Waals surface area (Å²) in [5, 5.41) is 12.7. The van der Waals surface area contributed by atoms with Crippen LogP contribution in [0.1, 0.15) is 15.9 Å². The first-order chi connectivity index (χ1) is 17.6. The van der Waals surface area contributed by atoms with E-state index in [1.807, 2.05) is 55.6 Å². The molecule has 0 saturated heterocycles. The highest BCUT2D eigenvalue weighted by Gasteiger charge is 2.17. The van der Waals surface area contributed by atoms with E-state index in [0.29, 0.717) is 30.0 Å². The third-order valence-corrected chi connectivity index (χ3v) is 7.18. The number of rotatable bonds is 8. The Balaban J connectivity index is 1.42. The number of benzene rings is 3. The molecule has 0 bridgehead atoms. The van der Waals surface area contributed by atoms with Crippen LogP contribution in [0.25, 0.3) is 26.2 Å². The number of methoxy groups -OCH3 is 2. The van der Waals surface area contributed by atoms with Crippen LogP contribution in [0.4, 0.5) is 0 Å². The van der Waals surface area contributed by atoms with Gasteiger partial charge in [-0.25, -0.2) is 4.68 Å². The van der Waals surface area contributed by atoms with Gasteiger partial charge in [-0.05, 0) is 75.8 Å². The van der Waals surface area contributed by atoms with Crippen molar-refractivity contribution in [2.45, 2.75) is 6.42 Å². The van der Waals surface area contributed by atoms with E-state index in [-0.39, 0.29) is 5.91 Å². The van der Waals surface area contributed by atoms with Gasteiger partial charge in [-0.1, -0.05) is 24.3 Å². The third kappa shape index (κ3) is 4.78. The SMILES string of the molecule is COc1ccc(CCN(C)C(=O)c2cc(-c3cc4ccccc4s3)cc(-n3cnnn3)c2)cc1OC. The first-order valence-corrected chi connectivity index (χ1v) is 12.2. The summed E-state index contributed by atoms with van der Waals surface area (Å²) in [4.78, 5) is 16.3. The van der Waals surface area contributed by atoms with Gasteiger partial charge in [-0.15, -0.1) is 16.4 Å². The van der Waals surface area contributed by atoms with Gasteiger partial charge in [0.05, 0.1) is 19.9 Å². The van der Waals surface area contributed by atoms with Gasteiger partial charge in [0.15, 0.2) is 11.5 Å². The molecular weight excluding hydrogens is 474 g/mol. The maximum Gasteiger partial charge on any atom is 0.253 e. The first-order valence-electron chi connectivity index (χ1n) is 11.4. The first kappa shape index (κ1) is 23.5. The van der Waals surface area contributed by atoms with Gasteiger partial charge in [0, 0.05) is 28.7 Å². The van der Waals surface area contributed by atoms with Crippen molar-refractivity contribution in [2.24, 2.45) is 0 Å². The minimum Gasteiger partial charge on any atom is -0.493 e. The number of aromatic nitrogens is 4. The van der Waals surface area contributed by atoms with Crippen molar-refractivity contribution >= 4 is 27.3 Å². The summed E-state index contributed by atoms with van der Waals surface area (Å²) < 4.78 is 13.5. The summed E-state index contributed by atoms with van der Waals surface area (Å²) in [6.45, 7) is 0.543. The van der Waals surface area contributed by atoms with Crippen molar-refractivity contribution in [3.8, 4) is 27.6 Å². The zero-order valence-corrected chi connectivity index (χ0v) is 21.0. The summed E-state index contributed by atoms with van der Waals surface area (Å²) >= 11 is 1.69. The zero-order valence-electron chi connectivity index (χ0n) is 20.2. The molecule has 3 aromatic carbocycles. The van der Waals surface area contributed by atoms with Crippen LogP contribution in [0.2, 0.25) is 0 Å². The maximum atomic E-state index is 13.5. The Bertz CT molecular complexity index is 1480. The fourth-order valence-corrected chi connectivity index (χ4v) is 5.12. The summed E-state index contributed by atoms with van der Waals surface area (Å²) in [5.41, 5.74) is 3.30. The highest BCUT2D eigenvalue weighted by atomic mass is 32.1. The van der Waals surface area contributed by atoms with Gasteiger partial charge in [-0.3, -0.25) is 4.79 Å². The average Bonchev–Trinajstić information content (AvgIpc) is 3.61. The van der Waals surface area contributed by atoms with E-state index in [2.05, 4.69) is 33.7 Å². The second kappa shape index (κ2) is 10.2. The number of fused-ring (bicyclic) bond motifs is 1. The molecule has 0 atom stereocenters. The lowest BCUT2D eigenvalue weighted by molar-refractivity contribution is 0.0796. The summed E-state index contributed by atoms with van der Waals surface area (Å²) in [5.74, 6) is 1.28. The largest absolute Gasteiger partial charge is 0.493 e. The molecule has 0 spiro atoms. The average molecular weight is 500 g/mol. The van der Waals surface area contributed by atoms with Crippen molar-refractivity contribution in [3.05, 3.63) is 84.2 Å². The quantitative estimate of drug-likeness (QED) is 0.303. The van der Waals surface area contributed by atoms with E-state index < -0.39 is 0 Å². The number of carbonyl (C=O) groups is 1. The van der Waals surface area contributed by atoms with Crippen LogP contribution in [0.15, 0.2) is 73.1 Å². The van der Waals surface area contributed by atoms with Gasteiger partial charge >= 0.3 is 0 Å². The van der Waals surface area contributed by atoms with E-state index in [1.165, 1.54) is 16.4 Å². The maximum absolute atomic E-state index is 13.5. The van der Waals surface area contributed by atoms with Gasteiger partial charge in [0.1, 0.15) is 6.33 Å². The lowest BCUT2D eigenvalue weighted by Crippen LogP contribution is -2.29. The summed E-state index contributed by atoms with van der Waals surface area (Å²) in [7, 11) is 5.04. The number of tetrazole rings is 1. The van der Waals surface area contributed by atoms with Gasteiger partial charge < -0.3 is 14.4 Å². The highest BCUT2D eigenvalue weighted by molar-refractivity contribution is 7.22. The smallest absolute Gasteiger partial charge is 0.253 e. The van der Waals surface area contributed by atoms with Crippen LogP contribution < -0.4 is 9.47 Å². The molecule has 2 aromatic heterocycles. The molecule has 5 aromatic rings. The number of hydrogen-bond acceptors (Lipinski definition) is 7. The predicted octanol–water partition coefficient (Wildman–Crippen LogP) is 4.88. The normalized spacial score (nSPS) is 11.0. The summed E-state index contributed by atoms with van der Waals surface area (Å²) in [6.07, 6.45) is 2.21. The number of ether oxygens (including phenoxy) is 2. The molecule has 182 valence electrons. The van der Waals surface area contributed by atoms with Crippen molar-refractivity contribution in [2.75, 3.05) is 27.8 Å². The summed E-state index contributed by atoms with van der Waals surface area (Å²) in [6, 6.07) is 22.0. The Hall–Kier alpha value is -4.24. The van der Waals surface area contributed by atoms with E-state index in [9.17, 15) is 4.79 Å². The number of amides is 1. The molecule has 0 aliphatic rings. The van der Waals surface area contributed by atoms with E-state index in [0.717, 1.165) is 21.7 Å². The lowest BCUT2D eigenvalue weighted by atomic mass is 10.1. The van der Waals surface area contributed by atoms with E-state index >= 15 is 0 Å². The molecule has 9 heteroatoms. The third-order valence-electron chi connectivity index (χ3n) is 6.02. The Kier molecular flexibility index (Phi) is 6.64. The van der Waals surface area contributed by atoms with E-state index in [1.54, 1.807) is 35.1 Å². The van der Waals surface area contributed by atoms with Crippen LogP contribution in [-0.2, 0) is 6.42 Å². The van der Waals surface area contributed by atoms with Gasteiger partial charge in [-0.2, -0.15) is 0 Å². The molecule has 2 heterocycles. The van der Waals surface area contributed by atoms with Gasteiger partial charge in [0.2, 0.25) is 0 Å². The molecule has 0 radical (unpaired) electrons. The fourth-order valence-electron chi connectivity index (χ4n) is 4.07. The Morgan fingerprint density at radius 3 is 2.58 bits per heavy atom. The number of nitrogens with zero attached hydrogens (tertiary/aromatic N) is 5. The van der Waals surface area contributed by atoms with E-state index in [4.69, 9.17) is 9.47 Å². The van der Waals surface area contributed by atoms with Crippen LogP contribution in [0.5, 0.6) is 11.5 Å². The molecule has 0 aliphatic heterocycles. The molecule has 5 rings (SSSR count). The number of thiophene rings is 1. The van der Waals surface area contributed by atoms with Crippen LogP contribution in [0, 0.1) is 0 Å². The Morgan fingerprint density at radius 2 is 1.83 bits per heavy atom. The number of hydrogen-bond donors (Lipinski definition) is 0. The second-order valence-corrected chi connectivity index (χ2v) is 9.42. The monoisotopic (exact) mass is 499 g/mol.